The van der Waals surface area contributed by atoms with Crippen molar-refractivity contribution in [2.75, 3.05) is 7.11 Å². The van der Waals surface area contributed by atoms with Gasteiger partial charge in [0.2, 0.25) is 0 Å². The molecule has 88 valence electrons. The number of ketones is 1. The predicted molar refractivity (Wildman–Crippen MR) is 70.1 cm³/mol. The Morgan fingerprint density at radius 3 is 2.47 bits per heavy atom. The Labute approximate surface area is 105 Å². The fraction of sp³-hybridized carbons (Fsp3) is 0.214. The average molecular weight is 246 g/mol. The van der Waals surface area contributed by atoms with Crippen LogP contribution in [-0.2, 0) is 6.42 Å². The summed E-state index contributed by atoms with van der Waals surface area (Å²) in [6.45, 7) is 1.97. The zero-order chi connectivity index (χ0) is 12.3. The van der Waals surface area contributed by atoms with E-state index in [2.05, 4.69) is 0 Å². The Kier molecular flexibility index (Phi) is 3.59. The molecule has 0 saturated carbocycles. The van der Waals surface area contributed by atoms with Gasteiger partial charge in [0.15, 0.2) is 5.78 Å². The molecule has 0 aliphatic carbocycles. The van der Waals surface area contributed by atoms with Crippen LogP contribution < -0.4 is 4.74 Å². The van der Waals surface area contributed by atoms with Crippen molar-refractivity contribution >= 4 is 17.1 Å². The quantitative estimate of drug-likeness (QED) is 0.772. The fourth-order valence-electron chi connectivity index (χ4n) is 1.67. The Hall–Kier alpha value is -1.61. The number of ether oxygens (including phenoxy) is 1. The third-order valence-electron chi connectivity index (χ3n) is 2.68. The van der Waals surface area contributed by atoms with Crippen molar-refractivity contribution in [3.8, 4) is 5.75 Å². The molecule has 0 aliphatic heterocycles. The van der Waals surface area contributed by atoms with Gasteiger partial charge in [-0.25, -0.2) is 0 Å². The highest BCUT2D eigenvalue weighted by Gasteiger charge is 2.10. The zero-order valence-electron chi connectivity index (χ0n) is 9.90. The first kappa shape index (κ1) is 11.9. The van der Waals surface area contributed by atoms with Gasteiger partial charge in [-0.15, -0.1) is 0 Å². The predicted octanol–water partition coefficient (Wildman–Crippen LogP) is 3.49. The topological polar surface area (TPSA) is 26.3 Å². The molecule has 2 aromatic rings. The molecule has 1 heterocycles. The Balaban J connectivity index is 2.10. The van der Waals surface area contributed by atoms with E-state index in [9.17, 15) is 4.79 Å². The number of carbonyl (C=O) groups excluding carboxylic acids is 1. The minimum atomic E-state index is 0.175. The highest BCUT2D eigenvalue weighted by molar-refractivity contribution is 7.08. The van der Waals surface area contributed by atoms with Gasteiger partial charge in [0, 0.05) is 17.4 Å². The molecule has 1 aromatic heterocycles. The highest BCUT2D eigenvalue weighted by atomic mass is 32.1. The molecule has 17 heavy (non-hydrogen) atoms. The second kappa shape index (κ2) is 5.15. The lowest BCUT2D eigenvalue weighted by molar-refractivity contribution is 0.0993. The van der Waals surface area contributed by atoms with Gasteiger partial charge in [-0.2, -0.15) is 11.3 Å². The fourth-order valence-corrected chi connectivity index (χ4v) is 2.52. The van der Waals surface area contributed by atoms with Crippen molar-refractivity contribution < 1.29 is 9.53 Å². The lowest BCUT2D eigenvalue weighted by Crippen LogP contribution is -2.03. The maximum Gasteiger partial charge on any atom is 0.168 e. The number of hydrogen-bond acceptors (Lipinski definition) is 3. The summed E-state index contributed by atoms with van der Waals surface area (Å²) >= 11 is 1.57. The van der Waals surface area contributed by atoms with Crippen LogP contribution in [0, 0.1) is 6.92 Å². The number of Topliss-reactive ketones (excluding diaryl/α,β-unsaturated/α-hetero) is 1. The van der Waals surface area contributed by atoms with E-state index in [1.54, 1.807) is 18.4 Å². The maximum atomic E-state index is 12.0. The van der Waals surface area contributed by atoms with Gasteiger partial charge in [-0.05, 0) is 35.6 Å². The Morgan fingerprint density at radius 1 is 1.24 bits per heavy atom. The van der Waals surface area contributed by atoms with Crippen LogP contribution in [0.2, 0.25) is 0 Å². The normalized spacial score (nSPS) is 10.2. The van der Waals surface area contributed by atoms with Crippen molar-refractivity contribution in [1.29, 1.82) is 0 Å². The number of benzene rings is 1. The van der Waals surface area contributed by atoms with Gasteiger partial charge in [-0.1, -0.05) is 12.1 Å². The summed E-state index contributed by atoms with van der Waals surface area (Å²) in [7, 11) is 1.63. The summed E-state index contributed by atoms with van der Waals surface area (Å²) in [5.41, 5.74) is 2.92. The van der Waals surface area contributed by atoms with Crippen LogP contribution in [0.5, 0.6) is 5.75 Å². The van der Waals surface area contributed by atoms with E-state index in [1.165, 1.54) is 0 Å². The van der Waals surface area contributed by atoms with Gasteiger partial charge >= 0.3 is 0 Å². The summed E-state index contributed by atoms with van der Waals surface area (Å²) in [4.78, 5) is 12.0. The van der Waals surface area contributed by atoms with E-state index in [4.69, 9.17) is 4.74 Å². The molecule has 0 atom stereocenters. The molecule has 0 bridgehead atoms. The van der Waals surface area contributed by atoms with Crippen molar-refractivity contribution in [2.45, 2.75) is 13.3 Å². The summed E-state index contributed by atoms with van der Waals surface area (Å²) in [6, 6.07) is 7.61. The van der Waals surface area contributed by atoms with Gasteiger partial charge < -0.3 is 4.74 Å². The zero-order valence-corrected chi connectivity index (χ0v) is 10.7. The van der Waals surface area contributed by atoms with E-state index in [-0.39, 0.29) is 5.78 Å². The molecule has 0 fully saturated rings. The molecule has 0 N–H and O–H groups in total. The van der Waals surface area contributed by atoms with Crippen LogP contribution in [0.3, 0.4) is 0 Å². The maximum absolute atomic E-state index is 12.0. The summed E-state index contributed by atoms with van der Waals surface area (Å²) in [5.74, 6) is 0.988. The molecule has 0 radical (unpaired) electrons. The molecule has 0 spiro atoms. The van der Waals surface area contributed by atoms with Crippen LogP contribution >= 0.6 is 11.3 Å². The SMILES string of the molecule is COc1ccc(CC(=O)c2cscc2C)cc1. The van der Waals surface area contributed by atoms with E-state index in [1.807, 2.05) is 41.9 Å². The van der Waals surface area contributed by atoms with Gasteiger partial charge in [0.1, 0.15) is 5.75 Å². The van der Waals surface area contributed by atoms with E-state index >= 15 is 0 Å². The first-order valence-electron chi connectivity index (χ1n) is 5.39. The number of methoxy groups -OCH3 is 1. The summed E-state index contributed by atoms with van der Waals surface area (Å²) in [5, 5.41) is 3.92. The van der Waals surface area contributed by atoms with Crippen LogP contribution in [-0.4, -0.2) is 12.9 Å². The molecule has 0 unspecified atom stereocenters. The molecule has 0 saturated heterocycles. The minimum Gasteiger partial charge on any atom is -0.497 e. The Bertz CT molecular complexity index is 511. The standard InChI is InChI=1S/C14H14O2S/c1-10-8-17-9-13(10)14(15)7-11-3-5-12(16-2)6-4-11/h3-6,8-9H,7H2,1-2H3. The number of aryl methyl sites for hydroxylation is 1. The van der Waals surface area contributed by atoms with Gasteiger partial charge in [0.25, 0.3) is 0 Å². The van der Waals surface area contributed by atoms with Crippen molar-refractivity contribution in [3.05, 3.63) is 51.7 Å². The lowest BCUT2D eigenvalue weighted by atomic mass is 10.0. The first-order valence-corrected chi connectivity index (χ1v) is 6.34. The molecule has 2 nitrogen and oxygen atoms in total. The van der Waals surface area contributed by atoms with Crippen molar-refractivity contribution in [1.82, 2.24) is 0 Å². The average Bonchev–Trinajstić information content (AvgIpc) is 2.76. The summed E-state index contributed by atoms with van der Waals surface area (Å²) in [6.07, 6.45) is 0.446. The van der Waals surface area contributed by atoms with E-state index < -0.39 is 0 Å². The molecular formula is C14H14O2S. The highest BCUT2D eigenvalue weighted by Crippen LogP contribution is 2.18. The van der Waals surface area contributed by atoms with Crippen LogP contribution in [0.4, 0.5) is 0 Å². The van der Waals surface area contributed by atoms with Gasteiger partial charge in [-0.3, -0.25) is 4.79 Å². The minimum absolute atomic E-state index is 0.175. The molecular weight excluding hydrogens is 232 g/mol. The number of rotatable bonds is 4. The number of hydrogen-bond donors (Lipinski definition) is 0. The van der Waals surface area contributed by atoms with Crippen molar-refractivity contribution in [3.63, 3.8) is 0 Å². The molecule has 3 heteroatoms. The third-order valence-corrected chi connectivity index (χ3v) is 3.54. The lowest BCUT2D eigenvalue weighted by Gasteiger charge is -2.03. The second-order valence-corrected chi connectivity index (χ2v) is 4.66. The largest absolute Gasteiger partial charge is 0.497 e. The molecule has 1 aromatic carbocycles. The molecule has 0 amide bonds. The first-order chi connectivity index (χ1) is 8.20. The van der Waals surface area contributed by atoms with Gasteiger partial charge in [0.05, 0.1) is 7.11 Å². The number of thiophene rings is 1. The second-order valence-electron chi connectivity index (χ2n) is 3.92. The molecule has 2 rings (SSSR count). The molecule has 0 aliphatic rings. The van der Waals surface area contributed by atoms with E-state index in [0.29, 0.717) is 6.42 Å². The van der Waals surface area contributed by atoms with Crippen LogP contribution in [0.25, 0.3) is 0 Å². The third kappa shape index (κ3) is 2.74. The van der Waals surface area contributed by atoms with Crippen molar-refractivity contribution in [2.24, 2.45) is 0 Å². The van der Waals surface area contributed by atoms with Crippen LogP contribution in [0.15, 0.2) is 35.0 Å². The van der Waals surface area contributed by atoms with Crippen LogP contribution in [0.1, 0.15) is 21.5 Å². The van der Waals surface area contributed by atoms with E-state index in [0.717, 1.165) is 22.4 Å². The smallest absolute Gasteiger partial charge is 0.168 e. The monoisotopic (exact) mass is 246 g/mol. The summed E-state index contributed by atoms with van der Waals surface area (Å²) < 4.78 is 5.08. The number of carbonyl (C=O) groups is 1. The Morgan fingerprint density at radius 2 is 1.94 bits per heavy atom.